The fourth-order valence-corrected chi connectivity index (χ4v) is 1.37. The van der Waals surface area contributed by atoms with E-state index in [0.29, 0.717) is 0 Å². The van der Waals surface area contributed by atoms with Crippen molar-refractivity contribution in [2.75, 3.05) is 0 Å². The molecule has 2 unspecified atom stereocenters. The van der Waals surface area contributed by atoms with Crippen LogP contribution >= 0.6 is 0 Å². The van der Waals surface area contributed by atoms with Crippen LogP contribution in [-0.4, -0.2) is 23.2 Å². The Balaban J connectivity index is 0.000000561. The topological polar surface area (TPSA) is 49.3 Å². The third-order valence-corrected chi connectivity index (χ3v) is 1.87. The summed E-state index contributed by atoms with van der Waals surface area (Å²) in [6.45, 7) is 5.48. The molecule has 0 aromatic heterocycles. The van der Waals surface area contributed by atoms with Crippen LogP contribution in [-0.2, 0) is 4.79 Å². The maximum absolute atomic E-state index is 10.5. The summed E-state index contributed by atoms with van der Waals surface area (Å²) >= 11 is 0. The molecule has 0 heterocycles. The number of hydrogen-bond donors (Lipinski definition) is 2. The highest BCUT2D eigenvalue weighted by Gasteiger charge is 2.25. The number of amides is 1. The molecular weight excluding hydrogens is 154 g/mol. The van der Waals surface area contributed by atoms with Gasteiger partial charge in [-0.3, -0.25) is 4.79 Å². The first-order valence-electron chi connectivity index (χ1n) is 4.65. The van der Waals surface area contributed by atoms with Crippen molar-refractivity contribution in [1.82, 2.24) is 5.32 Å². The van der Waals surface area contributed by atoms with Crippen molar-refractivity contribution in [3.63, 3.8) is 0 Å². The Morgan fingerprint density at radius 1 is 1.42 bits per heavy atom. The molecule has 3 nitrogen and oxygen atoms in total. The molecule has 0 spiro atoms. The van der Waals surface area contributed by atoms with Gasteiger partial charge in [-0.05, 0) is 19.3 Å². The summed E-state index contributed by atoms with van der Waals surface area (Å²) in [6.07, 6.45) is 2.45. The SMILES string of the molecule is CC.CC(=O)NC1CCCC1O. The summed E-state index contributed by atoms with van der Waals surface area (Å²) < 4.78 is 0. The fourth-order valence-electron chi connectivity index (χ4n) is 1.37. The summed E-state index contributed by atoms with van der Waals surface area (Å²) in [5.74, 6) is -0.0500. The molecule has 1 saturated carbocycles. The predicted molar refractivity (Wildman–Crippen MR) is 48.8 cm³/mol. The molecule has 12 heavy (non-hydrogen) atoms. The molecule has 1 rings (SSSR count). The summed E-state index contributed by atoms with van der Waals surface area (Å²) in [7, 11) is 0. The van der Waals surface area contributed by atoms with Crippen LogP contribution < -0.4 is 5.32 Å². The first kappa shape index (κ1) is 11.4. The van der Waals surface area contributed by atoms with E-state index < -0.39 is 0 Å². The Morgan fingerprint density at radius 3 is 2.33 bits per heavy atom. The highest BCUT2D eigenvalue weighted by Crippen LogP contribution is 2.18. The van der Waals surface area contributed by atoms with Crippen molar-refractivity contribution in [3.8, 4) is 0 Å². The van der Waals surface area contributed by atoms with Gasteiger partial charge >= 0.3 is 0 Å². The van der Waals surface area contributed by atoms with Crippen LogP contribution in [0.5, 0.6) is 0 Å². The molecule has 2 N–H and O–H groups in total. The van der Waals surface area contributed by atoms with E-state index in [9.17, 15) is 9.90 Å². The zero-order chi connectivity index (χ0) is 9.56. The van der Waals surface area contributed by atoms with Gasteiger partial charge in [0.2, 0.25) is 5.91 Å². The minimum atomic E-state index is -0.316. The van der Waals surface area contributed by atoms with Gasteiger partial charge in [-0.25, -0.2) is 0 Å². The van der Waals surface area contributed by atoms with E-state index in [-0.39, 0.29) is 18.1 Å². The third-order valence-electron chi connectivity index (χ3n) is 1.87. The Morgan fingerprint density at radius 2 is 2.00 bits per heavy atom. The van der Waals surface area contributed by atoms with Crippen molar-refractivity contribution in [3.05, 3.63) is 0 Å². The third kappa shape index (κ3) is 3.72. The number of hydrogen-bond acceptors (Lipinski definition) is 2. The van der Waals surface area contributed by atoms with Gasteiger partial charge in [0.1, 0.15) is 0 Å². The lowest BCUT2D eigenvalue weighted by Crippen LogP contribution is -2.38. The van der Waals surface area contributed by atoms with Crippen LogP contribution in [0.1, 0.15) is 40.0 Å². The average Bonchev–Trinajstić information content (AvgIpc) is 2.40. The number of carbonyl (C=O) groups excluding carboxylic acids is 1. The molecule has 0 radical (unpaired) electrons. The van der Waals surface area contributed by atoms with Gasteiger partial charge < -0.3 is 10.4 Å². The fraction of sp³-hybridized carbons (Fsp3) is 0.889. The normalized spacial score (nSPS) is 27.3. The Hall–Kier alpha value is -0.570. The van der Waals surface area contributed by atoms with Gasteiger partial charge in [-0.2, -0.15) is 0 Å². The summed E-state index contributed by atoms with van der Waals surface area (Å²) in [5, 5.41) is 11.9. The predicted octanol–water partition coefficient (Wildman–Crippen LogP) is 1.06. The molecule has 0 aliphatic heterocycles. The van der Waals surface area contributed by atoms with Crippen molar-refractivity contribution in [1.29, 1.82) is 0 Å². The maximum Gasteiger partial charge on any atom is 0.217 e. The zero-order valence-electron chi connectivity index (χ0n) is 8.13. The van der Waals surface area contributed by atoms with Crippen LogP contribution in [0, 0.1) is 0 Å². The molecule has 1 fully saturated rings. The van der Waals surface area contributed by atoms with Crippen molar-refractivity contribution in [2.24, 2.45) is 0 Å². The molecule has 0 bridgehead atoms. The lowest BCUT2D eigenvalue weighted by molar-refractivity contribution is -0.120. The van der Waals surface area contributed by atoms with Crippen molar-refractivity contribution in [2.45, 2.75) is 52.2 Å². The zero-order valence-corrected chi connectivity index (χ0v) is 8.13. The lowest BCUT2D eigenvalue weighted by atomic mass is 10.2. The summed E-state index contributed by atoms with van der Waals surface area (Å²) in [6, 6.07) is 0.0116. The van der Waals surface area contributed by atoms with E-state index in [2.05, 4.69) is 5.32 Å². The van der Waals surface area contributed by atoms with Gasteiger partial charge in [0, 0.05) is 6.92 Å². The molecule has 2 atom stereocenters. The quantitative estimate of drug-likeness (QED) is 0.623. The molecule has 72 valence electrons. The lowest BCUT2D eigenvalue weighted by Gasteiger charge is -2.14. The van der Waals surface area contributed by atoms with Gasteiger partial charge in [0.25, 0.3) is 0 Å². The second-order valence-electron chi connectivity index (χ2n) is 2.81. The molecule has 0 aromatic carbocycles. The number of carbonyl (C=O) groups is 1. The molecule has 1 aliphatic carbocycles. The van der Waals surface area contributed by atoms with Gasteiger partial charge in [0.05, 0.1) is 12.1 Å². The van der Waals surface area contributed by atoms with E-state index in [4.69, 9.17) is 0 Å². The van der Waals surface area contributed by atoms with E-state index in [1.807, 2.05) is 13.8 Å². The standard InChI is InChI=1S/C7H13NO2.C2H6/c1-5(9)8-6-3-2-4-7(6)10;1-2/h6-7,10H,2-4H2,1H3,(H,8,9);1-2H3. The van der Waals surface area contributed by atoms with Gasteiger partial charge in [0.15, 0.2) is 0 Å². The van der Waals surface area contributed by atoms with E-state index in [1.165, 1.54) is 6.92 Å². The van der Waals surface area contributed by atoms with Crippen LogP contribution in [0.15, 0.2) is 0 Å². The summed E-state index contributed by atoms with van der Waals surface area (Å²) in [5.41, 5.74) is 0. The maximum atomic E-state index is 10.5. The molecule has 0 saturated heterocycles. The van der Waals surface area contributed by atoms with Crippen LogP contribution in [0.3, 0.4) is 0 Å². The van der Waals surface area contributed by atoms with Gasteiger partial charge in [-0.15, -0.1) is 0 Å². The second-order valence-corrected chi connectivity index (χ2v) is 2.81. The Kier molecular flexibility index (Phi) is 5.72. The summed E-state index contributed by atoms with van der Waals surface area (Å²) in [4.78, 5) is 10.5. The smallest absolute Gasteiger partial charge is 0.217 e. The number of nitrogens with one attached hydrogen (secondary N) is 1. The monoisotopic (exact) mass is 173 g/mol. The van der Waals surface area contributed by atoms with E-state index in [0.717, 1.165) is 19.3 Å². The minimum Gasteiger partial charge on any atom is -0.391 e. The average molecular weight is 173 g/mol. The van der Waals surface area contributed by atoms with Gasteiger partial charge in [-0.1, -0.05) is 13.8 Å². The molecule has 0 aromatic rings. The van der Waals surface area contributed by atoms with Crippen LogP contribution in [0.2, 0.25) is 0 Å². The minimum absolute atomic E-state index is 0.0116. The number of rotatable bonds is 1. The van der Waals surface area contributed by atoms with Crippen LogP contribution in [0.4, 0.5) is 0 Å². The van der Waals surface area contributed by atoms with E-state index in [1.54, 1.807) is 0 Å². The first-order valence-corrected chi connectivity index (χ1v) is 4.65. The van der Waals surface area contributed by atoms with Crippen LogP contribution in [0.25, 0.3) is 0 Å². The Labute approximate surface area is 74.2 Å². The highest BCUT2D eigenvalue weighted by atomic mass is 16.3. The second kappa shape index (κ2) is 6.00. The molecular formula is C9H19NO2. The van der Waals surface area contributed by atoms with E-state index >= 15 is 0 Å². The van der Waals surface area contributed by atoms with Crippen molar-refractivity contribution >= 4 is 5.91 Å². The number of aliphatic hydroxyl groups excluding tert-OH is 1. The first-order chi connectivity index (χ1) is 5.70. The molecule has 1 aliphatic rings. The highest BCUT2D eigenvalue weighted by molar-refractivity contribution is 5.73. The van der Waals surface area contributed by atoms with Crippen molar-refractivity contribution < 1.29 is 9.90 Å². The molecule has 1 amide bonds. The largest absolute Gasteiger partial charge is 0.391 e. The Bertz CT molecular complexity index is 136. The number of aliphatic hydroxyl groups is 1. The molecule has 3 heteroatoms.